The number of hydrogen-bond donors (Lipinski definition) is 1. The van der Waals surface area contributed by atoms with Gasteiger partial charge in [0.1, 0.15) is 0 Å². The van der Waals surface area contributed by atoms with Gasteiger partial charge in [-0.3, -0.25) is 0 Å². The molecule has 176 valence electrons. The molecule has 1 aromatic heterocycles. The summed E-state index contributed by atoms with van der Waals surface area (Å²) in [6, 6.07) is 21.4. The molecule has 0 amide bonds. The summed E-state index contributed by atoms with van der Waals surface area (Å²) in [6.45, 7) is 2.40. The van der Waals surface area contributed by atoms with E-state index in [0.717, 1.165) is 11.1 Å². The monoisotopic (exact) mass is 478 g/mol. The van der Waals surface area contributed by atoms with Gasteiger partial charge in [-0.1, -0.05) is 42.0 Å². The topological polar surface area (TPSA) is 90.7 Å². The number of aryl methyl sites for hydroxylation is 1. The lowest BCUT2D eigenvalue weighted by molar-refractivity contribution is 0.354. The van der Waals surface area contributed by atoms with Crippen LogP contribution in [-0.2, 0) is 16.3 Å². The van der Waals surface area contributed by atoms with Gasteiger partial charge in [-0.2, -0.15) is 4.98 Å². The van der Waals surface area contributed by atoms with E-state index in [4.69, 9.17) is 13.9 Å². The van der Waals surface area contributed by atoms with Crippen molar-refractivity contribution in [2.75, 3.05) is 26.1 Å². The lowest BCUT2D eigenvalue weighted by Gasteiger charge is -2.10. The van der Waals surface area contributed by atoms with Crippen LogP contribution >= 0.6 is 0 Å². The highest BCUT2D eigenvalue weighted by Gasteiger charge is 2.28. The highest BCUT2D eigenvalue weighted by Crippen LogP contribution is 2.33. The Morgan fingerprint density at radius 3 is 2.29 bits per heavy atom. The van der Waals surface area contributed by atoms with E-state index in [-0.39, 0.29) is 21.7 Å². The summed E-state index contributed by atoms with van der Waals surface area (Å²) >= 11 is 0. The minimum absolute atomic E-state index is 0.111. The molecule has 0 fully saturated rings. The van der Waals surface area contributed by atoms with Crippen molar-refractivity contribution in [2.45, 2.75) is 23.3 Å². The summed E-state index contributed by atoms with van der Waals surface area (Å²) < 4.78 is 43.3. The molecule has 4 aromatic rings. The van der Waals surface area contributed by atoms with Crippen molar-refractivity contribution in [3.63, 3.8) is 0 Å². The molecule has 8 heteroatoms. The average molecular weight is 479 g/mol. The first-order valence-electron chi connectivity index (χ1n) is 10.7. The number of nitrogens with one attached hydrogen (secondary N) is 1. The van der Waals surface area contributed by atoms with Crippen LogP contribution in [0.2, 0.25) is 0 Å². The predicted octanol–water partition coefficient (Wildman–Crippen LogP) is 5.15. The molecule has 0 atom stereocenters. The number of rotatable bonds is 9. The second kappa shape index (κ2) is 10.0. The SMILES string of the molecule is COc1ccc(CCNc2oc(-c3ccc(C)cc3)nc2S(=O)(=O)c2ccccc2)cc1OC. The van der Waals surface area contributed by atoms with Crippen molar-refractivity contribution < 1.29 is 22.3 Å². The molecular formula is C26H26N2O5S. The molecule has 0 aliphatic heterocycles. The highest BCUT2D eigenvalue weighted by atomic mass is 32.2. The fourth-order valence-electron chi connectivity index (χ4n) is 3.49. The zero-order valence-electron chi connectivity index (χ0n) is 19.2. The van der Waals surface area contributed by atoms with E-state index in [2.05, 4.69) is 10.3 Å². The molecule has 34 heavy (non-hydrogen) atoms. The normalized spacial score (nSPS) is 11.3. The fraction of sp³-hybridized carbons (Fsp3) is 0.192. The van der Waals surface area contributed by atoms with E-state index in [1.807, 2.05) is 49.4 Å². The predicted molar refractivity (Wildman–Crippen MR) is 130 cm³/mol. The van der Waals surface area contributed by atoms with Gasteiger partial charge in [0.2, 0.25) is 26.6 Å². The van der Waals surface area contributed by atoms with Gasteiger partial charge < -0.3 is 19.2 Å². The average Bonchev–Trinajstić information content (AvgIpc) is 3.30. The maximum Gasteiger partial charge on any atom is 0.233 e. The van der Waals surface area contributed by atoms with Gasteiger partial charge in [-0.05, 0) is 55.3 Å². The Bertz CT molecular complexity index is 1360. The first kappa shape index (κ1) is 23.4. The summed E-state index contributed by atoms with van der Waals surface area (Å²) in [4.78, 5) is 4.53. The van der Waals surface area contributed by atoms with Crippen molar-refractivity contribution in [2.24, 2.45) is 0 Å². The summed E-state index contributed by atoms with van der Waals surface area (Å²) in [7, 11) is -0.712. The summed E-state index contributed by atoms with van der Waals surface area (Å²) in [5.74, 6) is 1.63. The fourth-order valence-corrected chi connectivity index (χ4v) is 4.79. The molecule has 3 aromatic carbocycles. The smallest absolute Gasteiger partial charge is 0.233 e. The number of anilines is 1. The molecule has 7 nitrogen and oxygen atoms in total. The number of benzene rings is 3. The van der Waals surface area contributed by atoms with Crippen LogP contribution in [-0.4, -0.2) is 34.2 Å². The lowest BCUT2D eigenvalue weighted by Crippen LogP contribution is -2.10. The lowest BCUT2D eigenvalue weighted by atomic mass is 10.1. The van der Waals surface area contributed by atoms with Gasteiger partial charge in [-0.15, -0.1) is 0 Å². The van der Waals surface area contributed by atoms with Gasteiger partial charge in [0.15, 0.2) is 11.5 Å². The molecule has 0 aliphatic carbocycles. The third kappa shape index (κ3) is 4.92. The summed E-state index contributed by atoms with van der Waals surface area (Å²) in [6.07, 6.45) is 0.603. The van der Waals surface area contributed by atoms with Gasteiger partial charge in [0.25, 0.3) is 0 Å². The van der Waals surface area contributed by atoms with Gasteiger partial charge >= 0.3 is 0 Å². The molecule has 0 unspecified atom stereocenters. The number of ether oxygens (including phenoxy) is 2. The summed E-state index contributed by atoms with van der Waals surface area (Å²) in [5, 5.41) is 2.99. The van der Waals surface area contributed by atoms with Crippen LogP contribution in [0.4, 0.5) is 5.88 Å². The van der Waals surface area contributed by atoms with E-state index in [1.54, 1.807) is 44.6 Å². The zero-order valence-corrected chi connectivity index (χ0v) is 20.1. The molecule has 0 saturated heterocycles. The van der Waals surface area contributed by atoms with E-state index < -0.39 is 9.84 Å². The molecule has 1 heterocycles. The number of oxazole rings is 1. The Kier molecular flexibility index (Phi) is 6.88. The van der Waals surface area contributed by atoms with Crippen LogP contribution in [0.1, 0.15) is 11.1 Å². The number of aromatic nitrogens is 1. The van der Waals surface area contributed by atoms with Gasteiger partial charge in [0.05, 0.1) is 19.1 Å². The van der Waals surface area contributed by atoms with Crippen molar-refractivity contribution in [3.8, 4) is 23.0 Å². The first-order valence-corrected chi connectivity index (χ1v) is 12.2. The Morgan fingerprint density at radius 1 is 0.912 bits per heavy atom. The van der Waals surface area contributed by atoms with Crippen LogP contribution in [0.5, 0.6) is 11.5 Å². The van der Waals surface area contributed by atoms with Gasteiger partial charge in [-0.25, -0.2) is 8.42 Å². The van der Waals surface area contributed by atoms with E-state index in [1.165, 1.54) is 0 Å². The minimum Gasteiger partial charge on any atom is -0.493 e. The van der Waals surface area contributed by atoms with Crippen molar-refractivity contribution in [1.29, 1.82) is 0 Å². The second-order valence-corrected chi connectivity index (χ2v) is 9.57. The Morgan fingerprint density at radius 2 is 1.62 bits per heavy atom. The Labute approximate surface area is 199 Å². The van der Waals surface area contributed by atoms with Crippen molar-refractivity contribution in [1.82, 2.24) is 4.98 Å². The molecule has 0 aliphatic rings. The Hall–Kier alpha value is -3.78. The third-order valence-corrected chi connectivity index (χ3v) is 7.03. The first-order chi connectivity index (χ1) is 16.4. The number of methoxy groups -OCH3 is 2. The highest BCUT2D eigenvalue weighted by molar-refractivity contribution is 7.91. The second-order valence-electron chi connectivity index (χ2n) is 7.70. The van der Waals surface area contributed by atoms with Crippen LogP contribution in [0.15, 0.2) is 87.1 Å². The quantitative estimate of drug-likeness (QED) is 0.356. The van der Waals surface area contributed by atoms with E-state index in [0.29, 0.717) is 30.0 Å². The van der Waals surface area contributed by atoms with E-state index >= 15 is 0 Å². The molecular weight excluding hydrogens is 452 g/mol. The van der Waals surface area contributed by atoms with E-state index in [9.17, 15) is 8.42 Å². The summed E-state index contributed by atoms with van der Waals surface area (Å²) in [5.41, 5.74) is 2.78. The molecule has 1 N–H and O–H groups in total. The number of sulfone groups is 1. The standard InChI is InChI=1S/C26H26N2O5S/c1-18-9-12-20(13-10-18)24-28-26(34(29,30)21-7-5-4-6-8-21)25(33-24)27-16-15-19-11-14-22(31-2)23(17-19)32-3/h4-14,17,27H,15-16H2,1-3H3. The Balaban J connectivity index is 1.63. The third-order valence-electron chi connectivity index (χ3n) is 5.35. The minimum atomic E-state index is -3.88. The molecule has 0 radical (unpaired) electrons. The van der Waals surface area contributed by atoms with Crippen LogP contribution in [0, 0.1) is 6.92 Å². The maximum atomic E-state index is 13.3. The van der Waals surface area contributed by atoms with Gasteiger partial charge in [0, 0.05) is 12.1 Å². The van der Waals surface area contributed by atoms with Crippen molar-refractivity contribution in [3.05, 3.63) is 83.9 Å². The van der Waals surface area contributed by atoms with Crippen LogP contribution in [0.25, 0.3) is 11.5 Å². The number of nitrogens with zero attached hydrogens (tertiary/aromatic N) is 1. The zero-order chi connectivity index (χ0) is 24.1. The maximum absolute atomic E-state index is 13.3. The molecule has 0 saturated carbocycles. The molecule has 0 bridgehead atoms. The van der Waals surface area contributed by atoms with Crippen molar-refractivity contribution >= 4 is 15.7 Å². The largest absolute Gasteiger partial charge is 0.493 e. The molecule has 0 spiro atoms. The van der Waals surface area contributed by atoms with Crippen LogP contribution < -0.4 is 14.8 Å². The molecule has 4 rings (SSSR count). The van der Waals surface area contributed by atoms with Crippen LogP contribution in [0.3, 0.4) is 0 Å². The number of hydrogen-bond acceptors (Lipinski definition) is 7.